The van der Waals surface area contributed by atoms with E-state index in [0.717, 1.165) is 114 Å². The van der Waals surface area contributed by atoms with Gasteiger partial charge in [0, 0.05) is 97.8 Å². The topological polar surface area (TPSA) is 171 Å². The van der Waals surface area contributed by atoms with Gasteiger partial charge in [0.1, 0.15) is 16.9 Å². The number of carbonyl (C=O) groups excluding carboxylic acids is 2. The van der Waals surface area contributed by atoms with Crippen molar-refractivity contribution in [3.05, 3.63) is 132 Å². The summed E-state index contributed by atoms with van der Waals surface area (Å²) in [6.07, 6.45) is -2.90. The predicted octanol–water partition coefficient (Wildman–Crippen LogP) is 16.5. The number of pyridine rings is 3. The highest BCUT2D eigenvalue weighted by molar-refractivity contribution is 6.36. The minimum atomic E-state index is -1.11. The van der Waals surface area contributed by atoms with E-state index in [2.05, 4.69) is 125 Å². The van der Waals surface area contributed by atoms with Gasteiger partial charge in [-0.15, -0.1) is 0 Å². The zero-order chi connectivity index (χ0) is 64.6. The Labute approximate surface area is 514 Å². The molecule has 86 heavy (non-hydrogen) atoms. The third-order valence-electron chi connectivity index (χ3n) is 15.8. The van der Waals surface area contributed by atoms with Crippen molar-refractivity contribution in [1.82, 2.24) is 28.7 Å². The molecule has 6 heterocycles. The lowest BCUT2D eigenvalue weighted by atomic mass is 9.90. The summed E-state index contributed by atoms with van der Waals surface area (Å²) in [5, 5.41) is 13.6. The summed E-state index contributed by atoms with van der Waals surface area (Å²) in [5.41, 5.74) is 18.1. The van der Waals surface area contributed by atoms with Gasteiger partial charge in [-0.1, -0.05) is 71.3 Å². The summed E-state index contributed by atoms with van der Waals surface area (Å²) in [6.45, 7) is 48.2. The molecule has 0 spiro atoms. The SMILES string of the molecule is CCn1c(C)c(C)c2c(-c3ccc(C)cc3)c(C(OC(C)(C)C)C(=O)O)c(C)nc21.CCn1c(C)c(C)c2c(-c3ccc(C)cc3)c(C(OC(C)(C)C)C(=O)OC)c(C)nc21.CCn1c(C)c(C)c2c(Cl)c(C(OC(C)(C)C)C(=O)OC)c(C)nc21. The molecule has 15 nitrogen and oxygen atoms in total. The number of benzene rings is 2. The molecule has 0 aliphatic heterocycles. The molecule has 0 saturated carbocycles. The van der Waals surface area contributed by atoms with E-state index in [1.807, 2.05) is 96.9 Å². The molecular weight excluding hydrogens is 1100 g/mol. The van der Waals surface area contributed by atoms with Crippen LogP contribution < -0.4 is 0 Å². The molecule has 0 bridgehead atoms. The first-order valence-electron chi connectivity index (χ1n) is 29.7. The number of carbonyl (C=O) groups is 3. The standard InChI is InChI=1S/C26H34N2O3.C25H32N2O3.C19H27ClN2O3/c1-10-28-18(5)16(3)20-22(19-13-11-15(2)12-14-19)21(17(4)27-24(20)28)23(25(29)30-9)31-26(6,7)8;1-9-27-17(5)15(3)19-21(18-12-10-14(2)11-13-18)20(16(4)26-23(19)27)22(24(28)29)30-25(6,7)8;1-9-22-12(4)10(2)13-15(20)14(11(3)21-17(13)22)16(18(23)24-8)25-19(5,6)7/h11-14,23H,10H2,1-9H3;10-13,22H,9H2,1-8H3,(H,28,29);16H,9H2,1-8H3. The molecular formula is C70H93ClN6O9. The van der Waals surface area contributed by atoms with Crippen LogP contribution in [-0.2, 0) is 57.7 Å². The van der Waals surface area contributed by atoms with Crippen LogP contribution in [0.15, 0.2) is 48.5 Å². The highest BCUT2D eigenvalue weighted by atomic mass is 35.5. The summed E-state index contributed by atoms with van der Waals surface area (Å²) in [4.78, 5) is 52.3. The average Bonchev–Trinajstić information content (AvgIpc) is 1.57. The van der Waals surface area contributed by atoms with Crippen molar-refractivity contribution in [2.24, 2.45) is 0 Å². The number of aliphatic carboxylic acids is 1. The highest BCUT2D eigenvalue weighted by Gasteiger charge is 2.37. The number of hydrogen-bond acceptors (Lipinski definition) is 11. The van der Waals surface area contributed by atoms with Gasteiger partial charge in [-0.25, -0.2) is 29.3 Å². The van der Waals surface area contributed by atoms with E-state index in [-0.39, 0.29) is 0 Å². The predicted molar refractivity (Wildman–Crippen MR) is 347 cm³/mol. The Kier molecular flexibility index (Phi) is 21.1. The van der Waals surface area contributed by atoms with Gasteiger partial charge in [0.2, 0.25) is 0 Å². The number of rotatable bonds is 14. The first kappa shape index (κ1) is 68.2. The molecule has 0 saturated heterocycles. The number of carboxylic acid groups (broad SMARTS) is 1. The van der Waals surface area contributed by atoms with Crippen molar-refractivity contribution >= 4 is 62.6 Å². The second kappa shape index (κ2) is 26.6. The fourth-order valence-corrected chi connectivity index (χ4v) is 11.9. The maximum absolute atomic E-state index is 12.9. The molecule has 1 N–H and O–H groups in total. The molecule has 16 heteroatoms. The Morgan fingerprint density at radius 3 is 1.05 bits per heavy atom. The van der Waals surface area contributed by atoms with Crippen LogP contribution >= 0.6 is 11.6 Å². The van der Waals surface area contributed by atoms with Gasteiger partial charge < -0.3 is 42.5 Å². The van der Waals surface area contributed by atoms with E-state index in [0.29, 0.717) is 27.5 Å². The molecule has 0 amide bonds. The van der Waals surface area contributed by atoms with E-state index < -0.39 is 53.0 Å². The second-order valence-electron chi connectivity index (χ2n) is 25.3. The van der Waals surface area contributed by atoms with E-state index in [1.54, 1.807) is 0 Å². The van der Waals surface area contributed by atoms with Gasteiger partial charge in [0.15, 0.2) is 18.3 Å². The summed E-state index contributed by atoms with van der Waals surface area (Å²) in [7, 11) is 2.75. The van der Waals surface area contributed by atoms with Crippen LogP contribution in [0.3, 0.4) is 0 Å². The number of carboxylic acids is 1. The smallest absolute Gasteiger partial charge is 0.339 e. The summed E-state index contributed by atoms with van der Waals surface area (Å²) >= 11 is 6.78. The van der Waals surface area contributed by atoms with E-state index in [9.17, 15) is 19.5 Å². The molecule has 6 aromatic heterocycles. The van der Waals surface area contributed by atoms with Crippen molar-refractivity contribution in [3.63, 3.8) is 0 Å². The molecule has 0 aliphatic carbocycles. The highest BCUT2D eigenvalue weighted by Crippen LogP contribution is 2.45. The van der Waals surface area contributed by atoms with E-state index in [1.165, 1.54) is 31.0 Å². The number of esters is 2. The minimum Gasteiger partial charge on any atom is -0.479 e. The van der Waals surface area contributed by atoms with Gasteiger partial charge in [0.05, 0.1) is 36.0 Å². The van der Waals surface area contributed by atoms with Gasteiger partial charge in [-0.05, 0) is 187 Å². The second-order valence-corrected chi connectivity index (χ2v) is 25.7. The molecule has 8 rings (SSSR count). The maximum Gasteiger partial charge on any atom is 0.339 e. The first-order valence-corrected chi connectivity index (χ1v) is 30.1. The van der Waals surface area contributed by atoms with Crippen molar-refractivity contribution in [2.45, 2.75) is 214 Å². The van der Waals surface area contributed by atoms with Crippen LogP contribution in [0.2, 0.25) is 5.02 Å². The molecule has 2 aromatic carbocycles. The third-order valence-corrected chi connectivity index (χ3v) is 16.2. The van der Waals surface area contributed by atoms with Crippen molar-refractivity contribution in [2.75, 3.05) is 14.2 Å². The zero-order valence-electron chi connectivity index (χ0n) is 55.7. The number of aromatic nitrogens is 6. The maximum atomic E-state index is 12.9. The van der Waals surface area contributed by atoms with Crippen molar-refractivity contribution in [1.29, 1.82) is 0 Å². The number of methoxy groups -OCH3 is 2. The van der Waals surface area contributed by atoms with Crippen molar-refractivity contribution < 1.29 is 43.2 Å². The monoisotopic (exact) mass is 1200 g/mol. The van der Waals surface area contributed by atoms with Crippen LogP contribution in [0.4, 0.5) is 0 Å². The quantitative estimate of drug-likeness (QED) is 0.102. The van der Waals surface area contributed by atoms with Crippen LogP contribution in [-0.4, -0.2) is 82.7 Å². The van der Waals surface area contributed by atoms with Gasteiger partial charge in [-0.3, -0.25) is 0 Å². The Morgan fingerprint density at radius 1 is 0.465 bits per heavy atom. The molecule has 8 aromatic rings. The third kappa shape index (κ3) is 14.1. The van der Waals surface area contributed by atoms with Crippen LogP contribution in [0.5, 0.6) is 0 Å². The number of hydrogen-bond donors (Lipinski definition) is 1. The van der Waals surface area contributed by atoms with E-state index in [4.69, 9.17) is 50.2 Å². The molecule has 3 atom stereocenters. The Bertz CT molecular complexity index is 3830. The number of fused-ring (bicyclic) bond motifs is 3. The molecule has 3 unspecified atom stereocenters. The normalized spacial score (nSPS) is 13.1. The Hall–Kier alpha value is -6.91. The number of aryl methyl sites for hydroxylation is 11. The minimum absolute atomic E-state index is 0.420. The largest absolute Gasteiger partial charge is 0.479 e. The molecule has 464 valence electrons. The lowest BCUT2D eigenvalue weighted by molar-refractivity contribution is -0.164. The molecule has 0 fully saturated rings. The lowest BCUT2D eigenvalue weighted by Crippen LogP contribution is -2.29. The fraction of sp³-hybridized carbons (Fsp3) is 0.486. The number of halogens is 1. The lowest BCUT2D eigenvalue weighted by Gasteiger charge is -2.28. The van der Waals surface area contributed by atoms with E-state index >= 15 is 0 Å². The van der Waals surface area contributed by atoms with Crippen LogP contribution in [0.25, 0.3) is 55.4 Å². The van der Waals surface area contributed by atoms with Gasteiger partial charge in [-0.2, -0.15) is 0 Å². The molecule has 0 aliphatic rings. The Morgan fingerprint density at radius 2 is 0.744 bits per heavy atom. The van der Waals surface area contributed by atoms with Crippen LogP contribution in [0, 0.1) is 76.2 Å². The van der Waals surface area contributed by atoms with Crippen LogP contribution in [0.1, 0.15) is 180 Å². The van der Waals surface area contributed by atoms with Gasteiger partial charge in [0.25, 0.3) is 0 Å². The van der Waals surface area contributed by atoms with Gasteiger partial charge >= 0.3 is 17.9 Å². The zero-order valence-corrected chi connectivity index (χ0v) is 56.5. The Balaban J connectivity index is 0.000000208. The summed E-state index contributed by atoms with van der Waals surface area (Å²) < 4.78 is 35.0. The average molecular weight is 1200 g/mol. The van der Waals surface area contributed by atoms with Crippen molar-refractivity contribution in [3.8, 4) is 22.3 Å². The fourth-order valence-electron chi connectivity index (χ4n) is 11.4. The number of ether oxygens (including phenoxy) is 5. The molecule has 0 radical (unpaired) electrons. The first-order chi connectivity index (χ1) is 40.0. The number of nitrogens with zero attached hydrogens (tertiary/aromatic N) is 6. The summed E-state index contributed by atoms with van der Waals surface area (Å²) in [6, 6.07) is 16.6. The summed E-state index contributed by atoms with van der Waals surface area (Å²) in [5.74, 6) is -1.91.